The van der Waals surface area contributed by atoms with Gasteiger partial charge in [-0.25, -0.2) is 9.18 Å². The van der Waals surface area contributed by atoms with Crippen molar-refractivity contribution < 1.29 is 23.4 Å². The summed E-state index contributed by atoms with van der Waals surface area (Å²) in [7, 11) is 1.39. The van der Waals surface area contributed by atoms with Crippen LogP contribution in [-0.2, 0) is 16.1 Å². The van der Waals surface area contributed by atoms with Gasteiger partial charge >= 0.3 is 5.97 Å². The van der Waals surface area contributed by atoms with Crippen LogP contribution in [0.4, 0.5) is 4.39 Å². The van der Waals surface area contributed by atoms with Crippen LogP contribution < -0.4 is 9.47 Å². The average Bonchev–Trinajstić information content (AvgIpc) is 2.64. The summed E-state index contributed by atoms with van der Waals surface area (Å²) in [5, 5.41) is 2.13. The van der Waals surface area contributed by atoms with Gasteiger partial charge in [0.05, 0.1) is 7.11 Å². The zero-order valence-electron chi connectivity index (χ0n) is 13.7. The number of carbonyl (C=O) groups is 1. The molecule has 4 nitrogen and oxygen atoms in total. The van der Waals surface area contributed by atoms with Crippen LogP contribution >= 0.6 is 0 Å². The largest absolute Gasteiger partial charge is 0.494 e. The van der Waals surface area contributed by atoms with Crippen LogP contribution in [0.15, 0.2) is 60.7 Å². The average molecular weight is 340 g/mol. The van der Waals surface area contributed by atoms with Crippen molar-refractivity contribution >= 4 is 16.7 Å². The quantitative estimate of drug-likeness (QED) is 0.634. The SMILES string of the molecule is COc1ccc(COC(=O)COc2ccc3ccccc3c2)cc1F. The lowest BCUT2D eigenvalue weighted by molar-refractivity contribution is -0.147. The van der Waals surface area contributed by atoms with Crippen molar-refractivity contribution in [1.29, 1.82) is 0 Å². The van der Waals surface area contributed by atoms with Crippen molar-refractivity contribution in [3.63, 3.8) is 0 Å². The highest BCUT2D eigenvalue weighted by atomic mass is 19.1. The monoisotopic (exact) mass is 340 g/mol. The summed E-state index contributed by atoms with van der Waals surface area (Å²) in [5.41, 5.74) is 0.539. The predicted octanol–water partition coefficient (Wildman–Crippen LogP) is 4.11. The molecule has 0 aliphatic carbocycles. The van der Waals surface area contributed by atoms with Crippen LogP contribution in [0.2, 0.25) is 0 Å². The first-order valence-electron chi connectivity index (χ1n) is 7.75. The zero-order valence-corrected chi connectivity index (χ0v) is 13.7. The number of rotatable bonds is 6. The molecule has 3 aromatic carbocycles. The third-order valence-corrected chi connectivity index (χ3v) is 3.69. The maximum atomic E-state index is 13.6. The maximum Gasteiger partial charge on any atom is 0.344 e. The highest BCUT2D eigenvalue weighted by molar-refractivity contribution is 5.83. The van der Waals surface area contributed by atoms with Gasteiger partial charge in [-0.15, -0.1) is 0 Å². The Morgan fingerprint density at radius 1 is 1.00 bits per heavy atom. The van der Waals surface area contributed by atoms with E-state index in [9.17, 15) is 9.18 Å². The molecule has 0 saturated carbocycles. The molecule has 0 aliphatic heterocycles. The number of esters is 1. The Morgan fingerprint density at radius 3 is 2.56 bits per heavy atom. The topological polar surface area (TPSA) is 44.8 Å². The molecule has 5 heteroatoms. The molecule has 25 heavy (non-hydrogen) atoms. The van der Waals surface area contributed by atoms with E-state index in [1.54, 1.807) is 12.1 Å². The summed E-state index contributed by atoms with van der Waals surface area (Å²) in [4.78, 5) is 11.8. The van der Waals surface area contributed by atoms with E-state index in [0.717, 1.165) is 10.8 Å². The van der Waals surface area contributed by atoms with Crippen molar-refractivity contribution in [1.82, 2.24) is 0 Å². The van der Waals surface area contributed by atoms with E-state index in [1.807, 2.05) is 36.4 Å². The molecule has 0 bridgehead atoms. The molecule has 0 fully saturated rings. The summed E-state index contributed by atoms with van der Waals surface area (Å²) in [6, 6.07) is 17.9. The number of methoxy groups -OCH3 is 1. The van der Waals surface area contributed by atoms with Crippen LogP contribution in [0.3, 0.4) is 0 Å². The molecule has 3 aromatic rings. The number of halogens is 1. The Labute approximate surface area is 144 Å². The molecule has 0 atom stereocenters. The van der Waals surface area contributed by atoms with Crippen LogP contribution in [0, 0.1) is 5.82 Å². The van der Waals surface area contributed by atoms with Gasteiger partial charge in [-0.1, -0.05) is 36.4 Å². The van der Waals surface area contributed by atoms with Crippen molar-refractivity contribution in [3.05, 3.63) is 72.0 Å². The van der Waals surface area contributed by atoms with E-state index in [4.69, 9.17) is 14.2 Å². The number of hydrogen-bond acceptors (Lipinski definition) is 4. The van der Waals surface area contributed by atoms with Gasteiger partial charge in [0.25, 0.3) is 0 Å². The van der Waals surface area contributed by atoms with Crippen LogP contribution in [0.25, 0.3) is 10.8 Å². The number of benzene rings is 3. The van der Waals surface area contributed by atoms with Crippen molar-refractivity contribution in [3.8, 4) is 11.5 Å². The van der Waals surface area contributed by atoms with Gasteiger partial charge in [0, 0.05) is 0 Å². The molecule has 0 N–H and O–H groups in total. The molecular weight excluding hydrogens is 323 g/mol. The Kier molecular flexibility index (Phi) is 5.14. The lowest BCUT2D eigenvalue weighted by Gasteiger charge is -2.09. The molecule has 0 aliphatic rings. The molecule has 0 heterocycles. The van der Waals surface area contributed by atoms with E-state index in [2.05, 4.69) is 0 Å². The first kappa shape index (κ1) is 16.8. The fraction of sp³-hybridized carbons (Fsp3) is 0.150. The second-order valence-electron chi connectivity index (χ2n) is 5.43. The van der Waals surface area contributed by atoms with E-state index in [-0.39, 0.29) is 19.0 Å². The predicted molar refractivity (Wildman–Crippen MR) is 92.2 cm³/mol. The highest BCUT2D eigenvalue weighted by Gasteiger charge is 2.08. The number of ether oxygens (including phenoxy) is 3. The summed E-state index contributed by atoms with van der Waals surface area (Å²) < 4.78 is 29.0. The molecule has 0 unspecified atom stereocenters. The van der Waals surface area contributed by atoms with E-state index in [0.29, 0.717) is 11.3 Å². The standard InChI is InChI=1S/C20H17FO4/c1-23-19-9-6-14(10-18(19)21)12-25-20(22)13-24-17-8-7-15-4-2-3-5-16(15)11-17/h2-11H,12-13H2,1H3. The highest BCUT2D eigenvalue weighted by Crippen LogP contribution is 2.21. The van der Waals surface area contributed by atoms with E-state index in [1.165, 1.54) is 19.2 Å². The van der Waals surface area contributed by atoms with Gasteiger partial charge in [-0.05, 0) is 40.6 Å². The Hall–Kier alpha value is -3.08. The van der Waals surface area contributed by atoms with Crippen molar-refractivity contribution in [2.45, 2.75) is 6.61 Å². The van der Waals surface area contributed by atoms with Crippen LogP contribution in [-0.4, -0.2) is 19.7 Å². The van der Waals surface area contributed by atoms with E-state index >= 15 is 0 Å². The van der Waals surface area contributed by atoms with Crippen molar-refractivity contribution in [2.24, 2.45) is 0 Å². The second kappa shape index (κ2) is 7.66. The second-order valence-corrected chi connectivity index (χ2v) is 5.43. The first-order valence-corrected chi connectivity index (χ1v) is 7.75. The normalized spacial score (nSPS) is 10.5. The van der Waals surface area contributed by atoms with Gasteiger partial charge < -0.3 is 14.2 Å². The molecular formula is C20H17FO4. The van der Waals surface area contributed by atoms with Gasteiger partial charge in [0.15, 0.2) is 18.2 Å². The van der Waals surface area contributed by atoms with Crippen LogP contribution in [0.1, 0.15) is 5.56 Å². The summed E-state index contributed by atoms with van der Waals surface area (Å²) in [5.74, 6) is -0.284. The van der Waals surface area contributed by atoms with Gasteiger partial charge in [-0.3, -0.25) is 0 Å². The van der Waals surface area contributed by atoms with Gasteiger partial charge in [0.2, 0.25) is 0 Å². The van der Waals surface area contributed by atoms with E-state index < -0.39 is 11.8 Å². The molecule has 0 aromatic heterocycles. The fourth-order valence-corrected chi connectivity index (χ4v) is 2.40. The Morgan fingerprint density at radius 2 is 1.80 bits per heavy atom. The summed E-state index contributed by atoms with van der Waals surface area (Å²) >= 11 is 0. The van der Waals surface area contributed by atoms with Gasteiger partial charge in [-0.2, -0.15) is 0 Å². The first-order chi connectivity index (χ1) is 12.2. The molecule has 0 spiro atoms. The molecule has 3 rings (SSSR count). The molecule has 0 amide bonds. The number of hydrogen-bond donors (Lipinski definition) is 0. The van der Waals surface area contributed by atoms with Crippen molar-refractivity contribution in [2.75, 3.05) is 13.7 Å². The third kappa shape index (κ3) is 4.26. The summed E-state index contributed by atoms with van der Waals surface area (Å²) in [6.07, 6.45) is 0. The maximum absolute atomic E-state index is 13.6. The molecule has 0 saturated heterocycles. The molecule has 0 radical (unpaired) electrons. The lowest BCUT2D eigenvalue weighted by atomic mass is 10.1. The third-order valence-electron chi connectivity index (χ3n) is 3.69. The zero-order chi connectivity index (χ0) is 17.6. The smallest absolute Gasteiger partial charge is 0.344 e. The van der Waals surface area contributed by atoms with Gasteiger partial charge in [0.1, 0.15) is 12.4 Å². The number of carbonyl (C=O) groups excluding carboxylic acids is 1. The Bertz CT molecular complexity index is 892. The fourth-order valence-electron chi connectivity index (χ4n) is 2.40. The lowest BCUT2D eigenvalue weighted by Crippen LogP contribution is -2.14. The minimum Gasteiger partial charge on any atom is -0.494 e. The summed E-state index contributed by atoms with van der Waals surface area (Å²) in [6.45, 7) is -0.238. The minimum absolute atomic E-state index is 0.0270. The number of fused-ring (bicyclic) bond motifs is 1. The minimum atomic E-state index is -0.524. The van der Waals surface area contributed by atoms with Crippen LogP contribution in [0.5, 0.6) is 11.5 Å². The Balaban J connectivity index is 1.52. The molecule has 128 valence electrons.